The highest BCUT2D eigenvalue weighted by molar-refractivity contribution is 7.15. The van der Waals surface area contributed by atoms with E-state index >= 15 is 0 Å². The van der Waals surface area contributed by atoms with Crippen LogP contribution in [0.15, 0.2) is 53.1 Å². The maximum absolute atomic E-state index is 12.7. The summed E-state index contributed by atoms with van der Waals surface area (Å²) in [5.74, 6) is 0.00637. The SMILES string of the molecule is C/C(=C1/C(=O)OC(=O)C1=C(C1CC1)C1CC1)c1cc(-c2ccccc2)sc1C. The molecule has 0 atom stereocenters. The lowest BCUT2D eigenvalue weighted by molar-refractivity contribution is -0.149. The Kier molecular flexibility index (Phi) is 4.13. The fourth-order valence-electron chi connectivity index (χ4n) is 4.26. The maximum atomic E-state index is 12.7. The van der Waals surface area contributed by atoms with Crippen LogP contribution in [0.1, 0.15) is 43.0 Å². The number of allylic oxidation sites excluding steroid dienone is 2. The molecule has 5 rings (SSSR count). The molecule has 0 N–H and O–H groups in total. The van der Waals surface area contributed by atoms with Crippen LogP contribution in [-0.4, -0.2) is 11.9 Å². The smallest absolute Gasteiger partial charge is 0.347 e. The summed E-state index contributed by atoms with van der Waals surface area (Å²) in [4.78, 5) is 27.6. The predicted molar refractivity (Wildman–Crippen MR) is 111 cm³/mol. The van der Waals surface area contributed by atoms with Crippen molar-refractivity contribution in [3.8, 4) is 10.4 Å². The molecule has 0 amide bonds. The van der Waals surface area contributed by atoms with E-state index in [2.05, 4.69) is 25.1 Å². The third-order valence-corrected chi connectivity index (χ3v) is 7.02. The quantitative estimate of drug-likeness (QED) is 0.382. The summed E-state index contributed by atoms with van der Waals surface area (Å²) in [7, 11) is 0. The number of esters is 2. The van der Waals surface area contributed by atoms with Crippen molar-refractivity contribution < 1.29 is 14.3 Å². The van der Waals surface area contributed by atoms with E-state index in [0.717, 1.165) is 47.3 Å². The fourth-order valence-corrected chi connectivity index (χ4v) is 5.34. The van der Waals surface area contributed by atoms with Gasteiger partial charge >= 0.3 is 11.9 Å². The van der Waals surface area contributed by atoms with E-state index in [1.54, 1.807) is 11.3 Å². The molecule has 2 aliphatic carbocycles. The van der Waals surface area contributed by atoms with Crippen molar-refractivity contribution in [2.24, 2.45) is 11.8 Å². The van der Waals surface area contributed by atoms with Crippen LogP contribution in [0.25, 0.3) is 16.0 Å². The molecule has 2 saturated carbocycles. The normalized spacial score (nSPS) is 21.1. The zero-order valence-electron chi connectivity index (χ0n) is 16.1. The molecule has 1 aliphatic heterocycles. The zero-order valence-corrected chi connectivity index (χ0v) is 16.9. The molecular formula is C24H22O3S. The van der Waals surface area contributed by atoms with Crippen LogP contribution in [0, 0.1) is 18.8 Å². The monoisotopic (exact) mass is 390 g/mol. The number of ether oxygens (including phenoxy) is 1. The van der Waals surface area contributed by atoms with Crippen molar-refractivity contribution in [1.82, 2.24) is 0 Å². The minimum Gasteiger partial charge on any atom is -0.386 e. The third-order valence-electron chi connectivity index (χ3n) is 5.92. The lowest BCUT2D eigenvalue weighted by Gasteiger charge is -2.10. The highest BCUT2D eigenvalue weighted by atomic mass is 32.1. The predicted octanol–water partition coefficient (Wildman–Crippen LogP) is 5.70. The van der Waals surface area contributed by atoms with Crippen LogP contribution in [-0.2, 0) is 14.3 Å². The Labute approximate surface area is 168 Å². The average Bonchev–Trinajstić information content (AvgIpc) is 3.60. The van der Waals surface area contributed by atoms with Gasteiger partial charge in [0.05, 0.1) is 11.1 Å². The summed E-state index contributed by atoms with van der Waals surface area (Å²) in [6.07, 6.45) is 4.50. The largest absolute Gasteiger partial charge is 0.386 e. The second-order valence-electron chi connectivity index (χ2n) is 8.00. The third kappa shape index (κ3) is 2.96. The first-order chi connectivity index (χ1) is 13.5. The summed E-state index contributed by atoms with van der Waals surface area (Å²) in [6.45, 7) is 4.03. The van der Waals surface area contributed by atoms with Crippen LogP contribution >= 0.6 is 11.3 Å². The average molecular weight is 391 g/mol. The molecule has 0 unspecified atom stereocenters. The number of aryl methyl sites for hydroxylation is 1. The Morgan fingerprint density at radius 2 is 1.57 bits per heavy atom. The topological polar surface area (TPSA) is 43.4 Å². The standard InChI is InChI=1S/C24H22O3S/c1-13(18-12-19(28-14(18)2)15-6-4-3-5-7-15)20-22(24(26)27-23(20)25)21(16-8-9-16)17-10-11-17/h3-7,12,16-17H,8-11H2,1-2H3/b20-13-. The number of benzene rings is 1. The molecule has 1 aromatic carbocycles. The summed E-state index contributed by atoms with van der Waals surface area (Å²) < 4.78 is 5.11. The highest BCUT2D eigenvalue weighted by Crippen LogP contribution is 2.53. The Morgan fingerprint density at radius 1 is 0.964 bits per heavy atom. The molecule has 1 aromatic heterocycles. The van der Waals surface area contributed by atoms with Gasteiger partial charge in [-0.05, 0) is 79.7 Å². The van der Waals surface area contributed by atoms with Crippen molar-refractivity contribution in [2.45, 2.75) is 39.5 Å². The molecule has 3 aliphatic rings. The van der Waals surface area contributed by atoms with Gasteiger partial charge in [-0.15, -0.1) is 11.3 Å². The number of carbonyl (C=O) groups is 2. The van der Waals surface area contributed by atoms with E-state index in [1.807, 2.05) is 25.1 Å². The molecule has 2 aromatic rings. The van der Waals surface area contributed by atoms with Gasteiger partial charge in [-0.3, -0.25) is 0 Å². The van der Waals surface area contributed by atoms with Crippen molar-refractivity contribution in [3.05, 3.63) is 63.6 Å². The van der Waals surface area contributed by atoms with Gasteiger partial charge < -0.3 is 4.74 Å². The number of cyclic esters (lactones) is 2. The molecule has 0 radical (unpaired) electrons. The van der Waals surface area contributed by atoms with Crippen molar-refractivity contribution in [1.29, 1.82) is 0 Å². The van der Waals surface area contributed by atoms with E-state index in [1.165, 1.54) is 10.5 Å². The van der Waals surface area contributed by atoms with Gasteiger partial charge in [0, 0.05) is 9.75 Å². The molecule has 0 bridgehead atoms. The lowest BCUT2D eigenvalue weighted by Crippen LogP contribution is -2.05. The van der Waals surface area contributed by atoms with E-state index in [9.17, 15) is 9.59 Å². The van der Waals surface area contributed by atoms with Gasteiger partial charge in [0.2, 0.25) is 0 Å². The molecule has 2 heterocycles. The Bertz CT molecular complexity index is 1030. The van der Waals surface area contributed by atoms with Crippen molar-refractivity contribution >= 4 is 28.8 Å². The van der Waals surface area contributed by atoms with Gasteiger partial charge in [-0.2, -0.15) is 0 Å². The minimum atomic E-state index is -0.483. The summed E-state index contributed by atoms with van der Waals surface area (Å²) in [5, 5.41) is 0. The van der Waals surface area contributed by atoms with E-state index in [4.69, 9.17) is 4.74 Å². The van der Waals surface area contributed by atoms with Crippen molar-refractivity contribution in [3.63, 3.8) is 0 Å². The highest BCUT2D eigenvalue weighted by Gasteiger charge is 2.46. The van der Waals surface area contributed by atoms with E-state index < -0.39 is 11.9 Å². The van der Waals surface area contributed by atoms with E-state index in [0.29, 0.717) is 23.0 Å². The second-order valence-corrected chi connectivity index (χ2v) is 9.26. The van der Waals surface area contributed by atoms with Crippen molar-refractivity contribution in [2.75, 3.05) is 0 Å². The van der Waals surface area contributed by atoms with Crippen LogP contribution < -0.4 is 0 Å². The first kappa shape index (κ1) is 17.6. The first-order valence-electron chi connectivity index (χ1n) is 9.92. The van der Waals surface area contributed by atoms with Crippen LogP contribution in [0.3, 0.4) is 0 Å². The van der Waals surface area contributed by atoms with Crippen LogP contribution in [0.4, 0.5) is 0 Å². The Morgan fingerprint density at radius 3 is 2.18 bits per heavy atom. The van der Waals surface area contributed by atoms with Gasteiger partial charge in [-0.1, -0.05) is 30.3 Å². The number of thiophene rings is 1. The van der Waals surface area contributed by atoms with Crippen LogP contribution in [0.2, 0.25) is 0 Å². The maximum Gasteiger partial charge on any atom is 0.347 e. The van der Waals surface area contributed by atoms with E-state index in [-0.39, 0.29) is 0 Å². The Hall–Kier alpha value is -2.46. The zero-order chi connectivity index (χ0) is 19.4. The van der Waals surface area contributed by atoms with Crippen LogP contribution in [0.5, 0.6) is 0 Å². The lowest BCUT2D eigenvalue weighted by atomic mass is 9.90. The molecule has 0 spiro atoms. The second kappa shape index (κ2) is 6.56. The molecule has 28 heavy (non-hydrogen) atoms. The number of hydrogen-bond donors (Lipinski definition) is 0. The number of hydrogen-bond acceptors (Lipinski definition) is 4. The number of rotatable bonds is 4. The molecule has 142 valence electrons. The molecule has 3 nitrogen and oxygen atoms in total. The summed E-state index contributed by atoms with van der Waals surface area (Å²) in [5.41, 5.74) is 5.34. The number of carbonyl (C=O) groups excluding carboxylic acids is 2. The molecular weight excluding hydrogens is 368 g/mol. The molecule has 1 saturated heterocycles. The molecule has 3 fully saturated rings. The molecule has 4 heteroatoms. The summed E-state index contributed by atoms with van der Waals surface area (Å²) >= 11 is 1.72. The summed E-state index contributed by atoms with van der Waals surface area (Å²) in [6, 6.07) is 12.4. The first-order valence-corrected chi connectivity index (χ1v) is 10.7. The van der Waals surface area contributed by atoms with Gasteiger partial charge in [-0.25, -0.2) is 9.59 Å². The van der Waals surface area contributed by atoms with Gasteiger partial charge in [0.25, 0.3) is 0 Å². The fraction of sp³-hybridized carbons (Fsp3) is 0.333. The Balaban J connectivity index is 1.65. The minimum absolute atomic E-state index is 0.440. The van der Waals surface area contributed by atoms with Gasteiger partial charge in [0.1, 0.15) is 0 Å². The van der Waals surface area contributed by atoms with Gasteiger partial charge in [0.15, 0.2) is 0 Å².